The lowest BCUT2D eigenvalue weighted by Gasteiger charge is -2.25. The zero-order valence-corrected chi connectivity index (χ0v) is 40.5. The molecule has 1 aromatic carbocycles. The number of nitro benzene ring substituents is 1. The normalized spacial score (nSPS) is 12.2. The number of carboxylic acids is 1. The number of halogens is 3. The summed E-state index contributed by atoms with van der Waals surface area (Å²) in [6.45, 7) is 8.82. The third-order valence-electron chi connectivity index (χ3n) is 9.43. The Balaban J connectivity index is 0.00000107. The first-order chi connectivity index (χ1) is 33.8. The second-order valence-corrected chi connectivity index (χ2v) is 14.4. The van der Waals surface area contributed by atoms with Crippen molar-refractivity contribution >= 4 is 71.2 Å². The fourth-order valence-electron chi connectivity index (χ4n) is 5.33. The molecule has 0 unspecified atom stereocenters. The fourth-order valence-corrected chi connectivity index (χ4v) is 5.33. The molecule has 0 saturated heterocycles. The van der Waals surface area contributed by atoms with Crippen molar-refractivity contribution in [3.8, 4) is 5.75 Å². The molecular weight excluding hydrogens is 972 g/mol. The lowest BCUT2D eigenvalue weighted by atomic mass is 10.3. The number of nitrogens with two attached hydrogens (primary N) is 1. The van der Waals surface area contributed by atoms with Crippen LogP contribution in [0.25, 0.3) is 0 Å². The Kier molecular flexibility index (Phi) is 29.8. The number of nitro groups is 1. The Morgan fingerprint density at radius 1 is 0.667 bits per heavy atom. The number of imide groups is 2. The van der Waals surface area contributed by atoms with Crippen LogP contribution in [0, 0.1) is 10.1 Å². The lowest BCUT2D eigenvalue weighted by Crippen LogP contribution is -2.41. The van der Waals surface area contributed by atoms with Gasteiger partial charge in [0.2, 0.25) is 23.6 Å². The summed E-state index contributed by atoms with van der Waals surface area (Å²) >= 11 is 0. The number of amides is 9. The molecule has 0 bridgehead atoms. The van der Waals surface area contributed by atoms with Gasteiger partial charge in [0.15, 0.2) is 0 Å². The Labute approximate surface area is 411 Å². The van der Waals surface area contributed by atoms with Crippen LogP contribution in [0.1, 0.15) is 53.4 Å². The average Bonchev–Trinajstić information content (AvgIpc) is 3.85. The van der Waals surface area contributed by atoms with Gasteiger partial charge in [-0.3, -0.25) is 58.3 Å². The number of hydrogen-bond acceptors (Lipinski definition) is 17. The van der Waals surface area contributed by atoms with Crippen molar-refractivity contribution in [1.82, 2.24) is 34.7 Å². The molecular formula is C43H60F3N9O17. The van der Waals surface area contributed by atoms with Gasteiger partial charge in [-0.2, -0.15) is 13.2 Å². The van der Waals surface area contributed by atoms with E-state index < -0.39 is 41.1 Å². The number of carboxylic acid groups (broad SMARTS) is 1. The van der Waals surface area contributed by atoms with Gasteiger partial charge in [-0.05, 0) is 12.1 Å². The second kappa shape index (κ2) is 33.5. The van der Waals surface area contributed by atoms with Crippen LogP contribution in [-0.4, -0.2) is 197 Å². The number of hydrogen-bond donors (Lipinski definition) is 3. The number of carbonyl (C=O) groups excluding carboxylic acids is 10. The molecule has 0 atom stereocenters. The Morgan fingerprint density at radius 2 is 1.06 bits per heavy atom. The number of non-ortho nitro benzene ring substituents is 1. The second-order valence-electron chi connectivity index (χ2n) is 14.4. The minimum absolute atomic E-state index is 0.00779. The zero-order chi connectivity index (χ0) is 55.1. The van der Waals surface area contributed by atoms with E-state index in [2.05, 4.69) is 5.32 Å². The smallest absolute Gasteiger partial charge is 0.475 e. The molecule has 2 aliphatic heterocycles. The first-order valence-electron chi connectivity index (χ1n) is 21.9. The highest BCUT2D eigenvalue weighted by molar-refractivity contribution is 6.13. The number of nitrogens with zero attached hydrogens (tertiary/aromatic N) is 7. The van der Waals surface area contributed by atoms with Crippen LogP contribution in [-0.2, 0) is 52.6 Å². The number of carbonyl (C=O) groups is 11. The van der Waals surface area contributed by atoms with Gasteiger partial charge in [-0.15, -0.1) is 0 Å². The molecule has 2 heterocycles. The highest BCUT2D eigenvalue weighted by Crippen LogP contribution is 2.18. The number of alkyl halides is 3. The number of likely N-dealkylation sites (N-methyl/N-ethyl adjacent to an activating group) is 2. The Hall–Kier alpha value is -7.98. The topological polar surface area (TPSA) is 336 Å². The van der Waals surface area contributed by atoms with E-state index in [-0.39, 0.29) is 92.9 Å². The largest absolute Gasteiger partial charge is 0.513 e. The van der Waals surface area contributed by atoms with Crippen molar-refractivity contribution in [2.75, 3.05) is 86.3 Å². The maximum Gasteiger partial charge on any atom is 0.513 e. The summed E-state index contributed by atoms with van der Waals surface area (Å²) in [5, 5.41) is 20.2. The molecule has 0 aliphatic carbocycles. The molecule has 2 aliphatic rings. The van der Waals surface area contributed by atoms with Gasteiger partial charge in [0, 0.05) is 115 Å². The van der Waals surface area contributed by atoms with Crippen LogP contribution in [0.2, 0.25) is 0 Å². The number of benzene rings is 1. The number of alkyl carbamates (subject to hydrolysis) is 1. The minimum Gasteiger partial charge on any atom is -0.475 e. The van der Waals surface area contributed by atoms with Gasteiger partial charge >= 0.3 is 24.4 Å². The van der Waals surface area contributed by atoms with Crippen LogP contribution in [0.5, 0.6) is 5.75 Å². The molecule has 400 valence electrons. The summed E-state index contributed by atoms with van der Waals surface area (Å²) in [6, 6.07) is 4.98. The monoisotopic (exact) mass is 1030 g/mol. The standard InChI is InChI=1S/C18H28N4O6.C18H25N3O7.C5H6N2O2.C2HF3O2/c1-4-14(23)20(3)10-11-21(15(24)5-2)12-13-28-18(27)19-8-9-22-16(25)6-7-17(22)26;1-4-16(22)19(3)10-11-20(17(23)5-2)12-13-27-18(24)28-15-8-6-14(7-9-15)21(25)26;6-3-7-4(8)1-2-5(7)9;3-2(4,5)1(6)7/h6-7H,4-5,8-13H2,1-3H3,(H,19,27);6-9H,4-5,10-13H2,1-3H3;1-2H,3,6H2;(H,6,7). The first-order valence-corrected chi connectivity index (χ1v) is 21.9. The highest BCUT2D eigenvalue weighted by atomic mass is 19.4. The molecule has 29 heteroatoms. The van der Waals surface area contributed by atoms with Crippen molar-refractivity contribution in [3.63, 3.8) is 0 Å². The molecule has 0 spiro atoms. The zero-order valence-electron chi connectivity index (χ0n) is 40.5. The predicted molar refractivity (Wildman–Crippen MR) is 244 cm³/mol. The Bertz CT molecular complexity index is 2090. The van der Waals surface area contributed by atoms with Crippen LogP contribution in [0.3, 0.4) is 0 Å². The fraction of sp³-hybridized carbons (Fsp3) is 0.512. The lowest BCUT2D eigenvalue weighted by molar-refractivity contribution is -0.384. The Morgan fingerprint density at radius 3 is 1.40 bits per heavy atom. The maximum absolute atomic E-state index is 12.0. The molecule has 9 amide bonds. The molecule has 4 N–H and O–H groups in total. The van der Waals surface area contributed by atoms with Crippen LogP contribution in [0.4, 0.5) is 28.4 Å². The minimum atomic E-state index is -5.08. The molecule has 0 fully saturated rings. The van der Waals surface area contributed by atoms with E-state index in [1.807, 2.05) is 0 Å². The molecule has 3 rings (SSSR count). The number of ether oxygens (including phenoxy) is 3. The van der Waals surface area contributed by atoms with E-state index >= 15 is 0 Å². The van der Waals surface area contributed by atoms with Gasteiger partial charge in [0.25, 0.3) is 29.3 Å². The van der Waals surface area contributed by atoms with E-state index in [1.165, 1.54) is 53.5 Å². The molecule has 26 nitrogen and oxygen atoms in total. The van der Waals surface area contributed by atoms with Crippen molar-refractivity contribution < 1.29 is 90.2 Å². The van der Waals surface area contributed by atoms with Gasteiger partial charge in [-0.1, -0.05) is 27.7 Å². The summed E-state index contributed by atoms with van der Waals surface area (Å²) < 4.78 is 46.6. The molecule has 0 radical (unpaired) electrons. The van der Waals surface area contributed by atoms with E-state index in [4.69, 9.17) is 29.8 Å². The third kappa shape index (κ3) is 25.0. The molecule has 1 aromatic rings. The maximum atomic E-state index is 12.0. The first kappa shape index (κ1) is 64.0. The summed E-state index contributed by atoms with van der Waals surface area (Å²) in [5.41, 5.74) is 4.93. The van der Waals surface area contributed by atoms with E-state index in [0.29, 0.717) is 51.9 Å². The number of rotatable bonds is 22. The summed E-state index contributed by atoms with van der Waals surface area (Å²) in [5.74, 6) is -4.39. The molecule has 0 saturated carbocycles. The third-order valence-corrected chi connectivity index (χ3v) is 9.43. The van der Waals surface area contributed by atoms with Crippen LogP contribution in [0.15, 0.2) is 48.6 Å². The van der Waals surface area contributed by atoms with Crippen LogP contribution < -0.4 is 15.8 Å². The van der Waals surface area contributed by atoms with Crippen molar-refractivity contribution in [1.29, 1.82) is 0 Å². The van der Waals surface area contributed by atoms with Gasteiger partial charge in [0.1, 0.15) is 19.0 Å². The van der Waals surface area contributed by atoms with Crippen molar-refractivity contribution in [3.05, 3.63) is 58.7 Å². The highest BCUT2D eigenvalue weighted by Gasteiger charge is 2.38. The van der Waals surface area contributed by atoms with Gasteiger partial charge in [-0.25, -0.2) is 14.4 Å². The quantitative estimate of drug-likeness (QED) is 0.0486. The molecule has 0 aromatic heterocycles. The molecule has 72 heavy (non-hydrogen) atoms. The predicted octanol–water partition coefficient (Wildman–Crippen LogP) is 1.42. The van der Waals surface area contributed by atoms with Gasteiger partial charge in [0.05, 0.1) is 24.7 Å². The van der Waals surface area contributed by atoms with E-state index in [9.17, 15) is 71.2 Å². The average molecular weight is 1030 g/mol. The van der Waals surface area contributed by atoms with Crippen LogP contribution >= 0.6 is 0 Å². The van der Waals surface area contributed by atoms with Gasteiger partial charge < -0.3 is 50.0 Å². The summed E-state index contributed by atoms with van der Waals surface area (Å²) in [7, 11) is 3.34. The van der Waals surface area contributed by atoms with Crippen molar-refractivity contribution in [2.45, 2.75) is 59.6 Å². The summed E-state index contributed by atoms with van der Waals surface area (Å²) in [4.78, 5) is 142. The summed E-state index contributed by atoms with van der Waals surface area (Å²) in [6.07, 6.45) is -0.628. The van der Waals surface area contributed by atoms with E-state index in [1.54, 1.807) is 56.5 Å². The number of nitrogens with one attached hydrogen (secondary N) is 1. The van der Waals surface area contributed by atoms with Crippen molar-refractivity contribution in [2.24, 2.45) is 5.73 Å². The van der Waals surface area contributed by atoms with E-state index in [0.717, 1.165) is 9.80 Å². The SMILES string of the molecule is CCC(=O)N(C)CCN(CCOC(=O)NCCN1C(=O)C=CC1=O)C(=O)CC.CCC(=O)N(C)CCN(CCOC(=O)Oc1ccc([N+](=O)[O-])cc1)C(=O)CC.NCN1C(=O)C=CC1=O.O=C(O)C(F)(F)F. The number of aliphatic carboxylic acids is 1.